The molecule has 5 heteroatoms. The number of ether oxygens (including phenoxy) is 1. The fourth-order valence-corrected chi connectivity index (χ4v) is 3.41. The maximum atomic E-state index is 11.6. The van der Waals surface area contributed by atoms with E-state index in [9.17, 15) is 4.79 Å². The largest absolute Gasteiger partial charge is 0.463 e. The average molecular weight is 278 g/mol. The van der Waals surface area contributed by atoms with Gasteiger partial charge in [0.2, 0.25) is 5.76 Å². The highest BCUT2D eigenvalue weighted by Crippen LogP contribution is 2.27. The Kier molecular flexibility index (Phi) is 3.81. The number of fused-ring (bicyclic) bond motifs is 1. The second-order valence-corrected chi connectivity index (χ2v) is 5.87. The van der Waals surface area contributed by atoms with Gasteiger partial charge in [0.05, 0.1) is 13.7 Å². The van der Waals surface area contributed by atoms with E-state index in [1.165, 1.54) is 20.0 Å². The van der Waals surface area contributed by atoms with E-state index in [4.69, 9.17) is 9.15 Å². The third-order valence-electron chi connectivity index (χ3n) is 4.39. The zero-order valence-electron chi connectivity index (χ0n) is 12.1. The number of furan rings is 1. The summed E-state index contributed by atoms with van der Waals surface area (Å²) in [5.41, 5.74) is 0.849. The van der Waals surface area contributed by atoms with Crippen LogP contribution >= 0.6 is 0 Å². The quantitative estimate of drug-likeness (QED) is 0.850. The molecule has 0 unspecified atom stereocenters. The summed E-state index contributed by atoms with van der Waals surface area (Å²) in [6, 6.07) is 2.57. The van der Waals surface area contributed by atoms with Gasteiger partial charge in [0.25, 0.3) is 0 Å². The van der Waals surface area contributed by atoms with Crippen molar-refractivity contribution in [3.8, 4) is 0 Å². The Labute approximate surface area is 119 Å². The van der Waals surface area contributed by atoms with Gasteiger partial charge in [0.15, 0.2) is 0 Å². The molecule has 0 aromatic carbocycles. The molecule has 1 N–H and O–H groups in total. The lowest BCUT2D eigenvalue weighted by atomic mass is 9.94. The van der Waals surface area contributed by atoms with Gasteiger partial charge in [-0.2, -0.15) is 0 Å². The number of carbonyl (C=O) groups excluding carboxylic acids is 1. The molecule has 1 aromatic rings. The minimum absolute atomic E-state index is 0.331. The monoisotopic (exact) mass is 278 g/mol. The van der Waals surface area contributed by atoms with E-state index in [-0.39, 0.29) is 0 Å². The molecule has 2 fully saturated rings. The van der Waals surface area contributed by atoms with Crippen LogP contribution in [0.4, 0.5) is 0 Å². The molecule has 2 atom stereocenters. The Morgan fingerprint density at radius 1 is 1.55 bits per heavy atom. The summed E-state index contributed by atoms with van der Waals surface area (Å²) in [5, 5.41) is 3.59. The van der Waals surface area contributed by atoms with Crippen LogP contribution < -0.4 is 5.32 Å². The number of nitrogens with zero attached hydrogens (tertiary/aromatic N) is 1. The Morgan fingerprint density at radius 3 is 3.15 bits per heavy atom. The third-order valence-corrected chi connectivity index (χ3v) is 4.39. The molecule has 2 aliphatic heterocycles. The number of likely N-dealkylation sites (tertiary alicyclic amines) is 1. The molecule has 0 spiro atoms. The predicted molar refractivity (Wildman–Crippen MR) is 74.6 cm³/mol. The molecule has 1 aromatic heterocycles. The molecular formula is C15H22N2O3. The topological polar surface area (TPSA) is 54.7 Å². The van der Waals surface area contributed by atoms with Gasteiger partial charge in [-0.25, -0.2) is 4.79 Å². The summed E-state index contributed by atoms with van der Waals surface area (Å²) in [6.07, 6.45) is 2.60. The molecule has 3 heterocycles. The van der Waals surface area contributed by atoms with Crippen LogP contribution in [0.25, 0.3) is 0 Å². The van der Waals surface area contributed by atoms with Gasteiger partial charge in [0, 0.05) is 24.7 Å². The number of rotatable bonds is 3. The molecule has 0 aliphatic carbocycles. The molecule has 3 rings (SSSR count). The Balaban J connectivity index is 1.65. The zero-order chi connectivity index (χ0) is 14.1. The van der Waals surface area contributed by atoms with Gasteiger partial charge in [-0.1, -0.05) is 0 Å². The van der Waals surface area contributed by atoms with Crippen molar-refractivity contribution in [2.75, 3.05) is 26.7 Å². The Hall–Kier alpha value is -1.33. The van der Waals surface area contributed by atoms with Gasteiger partial charge in [-0.3, -0.25) is 4.90 Å². The summed E-state index contributed by atoms with van der Waals surface area (Å²) < 4.78 is 10.4. The number of piperidine rings is 1. The summed E-state index contributed by atoms with van der Waals surface area (Å²) in [7, 11) is 1.38. The Bertz CT molecular complexity index is 483. The second-order valence-electron chi connectivity index (χ2n) is 5.87. The van der Waals surface area contributed by atoms with Crippen molar-refractivity contribution in [1.29, 1.82) is 0 Å². The lowest BCUT2D eigenvalue weighted by molar-refractivity contribution is 0.0560. The molecule has 0 amide bonds. The van der Waals surface area contributed by atoms with Crippen molar-refractivity contribution in [3.05, 3.63) is 23.2 Å². The van der Waals surface area contributed by atoms with Crippen LogP contribution in [0.2, 0.25) is 0 Å². The molecule has 2 saturated heterocycles. The van der Waals surface area contributed by atoms with Crippen molar-refractivity contribution in [3.63, 3.8) is 0 Å². The highest BCUT2D eigenvalue weighted by atomic mass is 16.5. The van der Waals surface area contributed by atoms with E-state index >= 15 is 0 Å². The first kappa shape index (κ1) is 13.6. The standard InChI is InChI=1S/C15H22N2O3/c1-10-6-12(20-14(10)15(18)19-2)8-17-7-11-4-3-5-16-13(11)9-17/h6,11,13,16H,3-5,7-9H2,1-2H3/t11-,13+/m0/s1. The molecule has 110 valence electrons. The Morgan fingerprint density at radius 2 is 2.40 bits per heavy atom. The molecule has 0 radical (unpaired) electrons. The smallest absolute Gasteiger partial charge is 0.374 e. The fourth-order valence-electron chi connectivity index (χ4n) is 3.41. The summed E-state index contributed by atoms with van der Waals surface area (Å²) >= 11 is 0. The third kappa shape index (κ3) is 2.60. The first-order chi connectivity index (χ1) is 9.67. The van der Waals surface area contributed by atoms with Gasteiger partial charge in [0.1, 0.15) is 5.76 Å². The fraction of sp³-hybridized carbons (Fsp3) is 0.667. The van der Waals surface area contributed by atoms with E-state index in [1.54, 1.807) is 0 Å². The highest BCUT2D eigenvalue weighted by Gasteiger charge is 2.34. The molecule has 0 bridgehead atoms. The number of aryl methyl sites for hydroxylation is 1. The van der Waals surface area contributed by atoms with Crippen LogP contribution in [-0.4, -0.2) is 43.7 Å². The van der Waals surface area contributed by atoms with Crippen molar-refractivity contribution < 1.29 is 13.9 Å². The maximum absolute atomic E-state index is 11.6. The lowest BCUT2D eigenvalue weighted by Gasteiger charge is -2.24. The second kappa shape index (κ2) is 5.58. The first-order valence-corrected chi connectivity index (χ1v) is 7.30. The minimum Gasteiger partial charge on any atom is -0.463 e. The number of hydrogen-bond acceptors (Lipinski definition) is 5. The predicted octanol–water partition coefficient (Wildman–Crippen LogP) is 1.56. The molecular weight excluding hydrogens is 256 g/mol. The zero-order valence-corrected chi connectivity index (χ0v) is 12.1. The minimum atomic E-state index is -0.398. The SMILES string of the molecule is COC(=O)c1oc(CN2C[C@@H]3CCCN[C@@H]3C2)cc1C. The van der Waals surface area contributed by atoms with Gasteiger partial charge >= 0.3 is 5.97 Å². The number of carbonyl (C=O) groups is 1. The van der Waals surface area contributed by atoms with E-state index in [0.717, 1.165) is 43.4 Å². The number of hydrogen-bond donors (Lipinski definition) is 1. The lowest BCUT2D eigenvalue weighted by Crippen LogP contribution is -2.40. The van der Waals surface area contributed by atoms with Crippen LogP contribution in [-0.2, 0) is 11.3 Å². The van der Waals surface area contributed by atoms with Crippen molar-refractivity contribution in [1.82, 2.24) is 10.2 Å². The van der Waals surface area contributed by atoms with Crippen molar-refractivity contribution in [2.24, 2.45) is 5.92 Å². The first-order valence-electron chi connectivity index (χ1n) is 7.30. The van der Waals surface area contributed by atoms with Crippen LogP contribution in [0.3, 0.4) is 0 Å². The summed E-state index contributed by atoms with van der Waals surface area (Å²) in [6.45, 7) is 5.97. The van der Waals surface area contributed by atoms with Gasteiger partial charge in [-0.15, -0.1) is 0 Å². The van der Waals surface area contributed by atoms with Crippen LogP contribution in [0, 0.1) is 12.8 Å². The van der Waals surface area contributed by atoms with Crippen molar-refractivity contribution in [2.45, 2.75) is 32.4 Å². The van der Waals surface area contributed by atoms with Crippen molar-refractivity contribution >= 4 is 5.97 Å². The molecule has 5 nitrogen and oxygen atoms in total. The average Bonchev–Trinajstić information content (AvgIpc) is 3.01. The normalized spacial score (nSPS) is 26.5. The summed E-state index contributed by atoms with van der Waals surface area (Å²) in [5.74, 6) is 1.55. The molecule has 20 heavy (non-hydrogen) atoms. The van der Waals surface area contributed by atoms with Gasteiger partial charge in [-0.05, 0) is 38.3 Å². The van der Waals surface area contributed by atoms with Crippen LogP contribution in [0.5, 0.6) is 0 Å². The van der Waals surface area contributed by atoms with Crippen LogP contribution in [0.15, 0.2) is 10.5 Å². The van der Waals surface area contributed by atoms with E-state index in [1.807, 2.05) is 13.0 Å². The number of nitrogens with one attached hydrogen (secondary N) is 1. The number of esters is 1. The molecule has 2 aliphatic rings. The van der Waals surface area contributed by atoms with E-state index in [2.05, 4.69) is 10.2 Å². The molecule has 0 saturated carbocycles. The maximum Gasteiger partial charge on any atom is 0.374 e. The van der Waals surface area contributed by atoms with E-state index in [0.29, 0.717) is 11.8 Å². The van der Waals surface area contributed by atoms with E-state index < -0.39 is 5.97 Å². The van der Waals surface area contributed by atoms with Crippen LogP contribution in [0.1, 0.15) is 34.7 Å². The summed E-state index contributed by atoms with van der Waals surface area (Å²) in [4.78, 5) is 14.0. The highest BCUT2D eigenvalue weighted by molar-refractivity contribution is 5.87. The number of methoxy groups -OCH3 is 1. The van der Waals surface area contributed by atoms with Gasteiger partial charge < -0.3 is 14.5 Å².